The van der Waals surface area contributed by atoms with E-state index in [0.29, 0.717) is 28.8 Å². The molecule has 388 valence electrons. The molecule has 11 nitrogen and oxygen atoms in total. The van der Waals surface area contributed by atoms with E-state index in [-0.39, 0.29) is 44.0 Å². The highest BCUT2D eigenvalue weighted by Gasteiger charge is 2.59. The molecular weight excluding hydrogens is 866 g/mol. The topological polar surface area (TPSA) is 135 Å². The molecule has 0 bridgehead atoms. The summed E-state index contributed by atoms with van der Waals surface area (Å²) in [5.74, 6) is 3.01. The van der Waals surface area contributed by atoms with Gasteiger partial charge in [-0.1, -0.05) is 150 Å². The molecule has 67 heavy (non-hydrogen) atoms. The van der Waals surface area contributed by atoms with Gasteiger partial charge in [-0.05, 0) is 97.7 Å². The van der Waals surface area contributed by atoms with Crippen LogP contribution in [-0.4, -0.2) is 87.0 Å². The third kappa shape index (κ3) is 19.4. The molecule has 4 aliphatic carbocycles. The Bertz CT molecular complexity index is 1580. The second-order valence-electron chi connectivity index (χ2n) is 23.5. The minimum absolute atomic E-state index is 0.0187. The highest BCUT2D eigenvalue weighted by Crippen LogP contribution is 2.67. The van der Waals surface area contributed by atoms with Crippen LogP contribution in [0.4, 0.5) is 0 Å². The molecule has 1 N–H and O–H groups in total. The molecule has 0 amide bonds. The van der Waals surface area contributed by atoms with Crippen molar-refractivity contribution in [2.75, 3.05) is 47.5 Å². The van der Waals surface area contributed by atoms with Crippen molar-refractivity contribution in [1.29, 1.82) is 0 Å². The Kier molecular flexibility index (Phi) is 24.4. The number of phosphoric acid groups is 1. The van der Waals surface area contributed by atoms with Gasteiger partial charge in [-0.25, -0.2) is 4.57 Å². The summed E-state index contributed by atoms with van der Waals surface area (Å²) in [5.41, 5.74) is 2.03. The molecule has 0 aromatic rings. The number of phosphoric ester groups is 1. The summed E-state index contributed by atoms with van der Waals surface area (Å²) in [4.78, 5) is 49.3. The van der Waals surface area contributed by atoms with E-state index in [1.807, 2.05) is 21.1 Å². The van der Waals surface area contributed by atoms with Gasteiger partial charge in [-0.3, -0.25) is 23.4 Å². The number of unbranched alkanes of at least 4 members (excludes halogenated alkanes) is 12. The first-order chi connectivity index (χ1) is 31.8. The lowest BCUT2D eigenvalue weighted by Crippen LogP contribution is -2.51. The van der Waals surface area contributed by atoms with Gasteiger partial charge in [0, 0.05) is 12.8 Å². The number of carbonyl (C=O) groups is 3. The zero-order chi connectivity index (χ0) is 49.1. The van der Waals surface area contributed by atoms with Crippen LogP contribution in [0.25, 0.3) is 0 Å². The van der Waals surface area contributed by atoms with Crippen LogP contribution in [0, 0.1) is 46.3 Å². The van der Waals surface area contributed by atoms with Gasteiger partial charge in [0.05, 0.1) is 40.6 Å². The van der Waals surface area contributed by atoms with E-state index in [1.165, 1.54) is 108 Å². The van der Waals surface area contributed by atoms with Crippen LogP contribution in [0.1, 0.15) is 215 Å². The van der Waals surface area contributed by atoms with Crippen molar-refractivity contribution in [3.8, 4) is 0 Å². The number of carbonyl (C=O) groups excluding carboxylic acids is 3. The summed E-state index contributed by atoms with van der Waals surface area (Å²) in [7, 11) is 1.31. The number of hydrogen-bond donors (Lipinski definition) is 1. The van der Waals surface area contributed by atoms with E-state index in [4.69, 9.17) is 23.3 Å². The van der Waals surface area contributed by atoms with Gasteiger partial charge >= 0.3 is 25.7 Å². The molecule has 0 heterocycles. The fourth-order valence-corrected chi connectivity index (χ4v) is 13.5. The normalized spacial score (nSPS) is 27.8. The van der Waals surface area contributed by atoms with Crippen molar-refractivity contribution >= 4 is 25.7 Å². The molecule has 12 heteroatoms. The van der Waals surface area contributed by atoms with Gasteiger partial charge in [-0.2, -0.15) is 0 Å². The van der Waals surface area contributed by atoms with Gasteiger partial charge in [0.2, 0.25) is 0 Å². The maximum Gasteiger partial charge on any atom is 0.472 e. The SMILES string of the molecule is CCCCCCCCCCCCCCCC(=O)OC[C@H](COP(=O)(O)OCC[N+](C)(C)C)OC(=O)CCC(=O)O[C@H]1CC[C@@]2(C)C(=CC[C@H]3[C@@H]4CC[C@H]([C@H](C)CCCC(C)C)[C@@]4(C)CC[C@@H]32)C1. The maximum absolute atomic E-state index is 13.2. The van der Waals surface area contributed by atoms with E-state index in [1.54, 1.807) is 0 Å². The van der Waals surface area contributed by atoms with Gasteiger partial charge in [-0.15, -0.1) is 0 Å². The van der Waals surface area contributed by atoms with Crippen molar-refractivity contribution < 1.29 is 51.6 Å². The molecule has 0 aliphatic heterocycles. The number of ether oxygens (including phenoxy) is 3. The van der Waals surface area contributed by atoms with E-state index in [2.05, 4.69) is 47.6 Å². The Morgan fingerprint density at radius 2 is 1.39 bits per heavy atom. The summed E-state index contributed by atoms with van der Waals surface area (Å²) >= 11 is 0. The van der Waals surface area contributed by atoms with E-state index in [0.717, 1.165) is 74.5 Å². The van der Waals surface area contributed by atoms with Gasteiger partial charge in [0.15, 0.2) is 6.10 Å². The molecule has 0 saturated heterocycles. The van der Waals surface area contributed by atoms with Crippen LogP contribution in [0.3, 0.4) is 0 Å². The molecule has 3 saturated carbocycles. The minimum atomic E-state index is -4.48. The van der Waals surface area contributed by atoms with E-state index in [9.17, 15) is 23.8 Å². The third-order valence-electron chi connectivity index (χ3n) is 16.7. The van der Waals surface area contributed by atoms with Crippen molar-refractivity contribution in [1.82, 2.24) is 0 Å². The summed E-state index contributed by atoms with van der Waals surface area (Å²) in [6.07, 6.45) is 29.7. The van der Waals surface area contributed by atoms with Crippen LogP contribution in [0.2, 0.25) is 0 Å². The van der Waals surface area contributed by atoms with Crippen molar-refractivity contribution in [2.24, 2.45) is 46.3 Å². The fraction of sp³-hybridized carbons (Fsp3) is 0.909. The second kappa shape index (κ2) is 28.3. The Morgan fingerprint density at radius 3 is 2.03 bits per heavy atom. The van der Waals surface area contributed by atoms with Crippen molar-refractivity contribution in [3.05, 3.63) is 11.6 Å². The molecule has 4 aliphatic rings. The van der Waals surface area contributed by atoms with Crippen molar-refractivity contribution in [2.45, 2.75) is 227 Å². The van der Waals surface area contributed by atoms with Gasteiger partial charge < -0.3 is 23.6 Å². The van der Waals surface area contributed by atoms with Gasteiger partial charge in [0.1, 0.15) is 25.9 Å². The third-order valence-corrected chi connectivity index (χ3v) is 17.7. The second-order valence-corrected chi connectivity index (χ2v) is 25.0. The number of rotatable bonds is 33. The highest BCUT2D eigenvalue weighted by atomic mass is 31.2. The zero-order valence-corrected chi connectivity index (χ0v) is 45.0. The largest absolute Gasteiger partial charge is 0.472 e. The maximum atomic E-state index is 13.2. The summed E-state index contributed by atoms with van der Waals surface area (Å²) < 4.78 is 40.6. The molecule has 0 aromatic carbocycles. The average molecular weight is 965 g/mol. The Labute approximate surface area is 408 Å². The van der Waals surface area contributed by atoms with Crippen LogP contribution in [0.5, 0.6) is 0 Å². The van der Waals surface area contributed by atoms with Crippen molar-refractivity contribution in [3.63, 3.8) is 0 Å². The Morgan fingerprint density at radius 1 is 0.746 bits per heavy atom. The number of quaternary nitrogens is 1. The first kappa shape index (κ1) is 57.8. The van der Waals surface area contributed by atoms with E-state index >= 15 is 0 Å². The Hall–Kier alpha value is -1.78. The standard InChI is InChI=1S/C55H98NO10P/c1-10-11-12-13-14-15-16-17-18-19-20-21-22-26-51(57)62-40-46(41-64-67(60,61)63-38-37-56(7,8)9)66-53(59)32-31-52(58)65-45-33-35-54(5)44(39-45)27-28-47-49-30-29-48(43(4)25-23-24-42(2)3)55(49,6)36-34-50(47)54/h27,42-43,45-50H,10-26,28-41H2,1-9H3/p+1/t43-,45+,46-,47+,48-,49+,50+,54+,55-/m1/s1. The number of esters is 3. The smallest absolute Gasteiger partial charge is 0.462 e. The highest BCUT2D eigenvalue weighted by molar-refractivity contribution is 7.47. The number of allylic oxidation sites excluding steroid dienone is 1. The van der Waals surface area contributed by atoms with Crippen LogP contribution < -0.4 is 0 Å². The molecular formula is C55H99NO10P+. The molecule has 0 aromatic heterocycles. The first-order valence-electron chi connectivity index (χ1n) is 27.4. The minimum Gasteiger partial charge on any atom is -0.462 e. The molecule has 0 radical (unpaired) electrons. The molecule has 3 fully saturated rings. The lowest BCUT2D eigenvalue weighted by Gasteiger charge is -2.58. The monoisotopic (exact) mass is 965 g/mol. The molecule has 1 unspecified atom stereocenters. The number of likely N-dealkylation sites (N-methyl/N-ethyl adjacent to an activating group) is 1. The summed E-state index contributed by atoms with van der Waals surface area (Å²) in [6.45, 7) is 14.2. The average Bonchev–Trinajstić information content (AvgIpc) is 3.62. The number of nitrogens with zero attached hydrogens (tertiary/aromatic N) is 1. The molecule has 4 rings (SSSR count). The van der Waals surface area contributed by atoms with Crippen LogP contribution in [0.15, 0.2) is 11.6 Å². The molecule has 0 spiro atoms. The summed E-state index contributed by atoms with van der Waals surface area (Å²) in [5, 5.41) is 0. The lowest BCUT2D eigenvalue weighted by atomic mass is 9.47. The fourth-order valence-electron chi connectivity index (χ4n) is 12.8. The van der Waals surface area contributed by atoms with Crippen LogP contribution >= 0.6 is 7.82 Å². The first-order valence-corrected chi connectivity index (χ1v) is 28.9. The molecule has 10 atom stereocenters. The quantitative estimate of drug-likeness (QED) is 0.0169. The summed E-state index contributed by atoms with van der Waals surface area (Å²) in [6, 6.07) is 0. The number of hydrogen-bond acceptors (Lipinski definition) is 9. The van der Waals surface area contributed by atoms with Gasteiger partial charge in [0.25, 0.3) is 0 Å². The lowest BCUT2D eigenvalue weighted by molar-refractivity contribution is -0.870. The predicted octanol–water partition coefficient (Wildman–Crippen LogP) is 13.5. The Balaban J connectivity index is 1.20. The number of fused-ring (bicyclic) bond motifs is 5. The van der Waals surface area contributed by atoms with Crippen LogP contribution in [-0.2, 0) is 42.2 Å². The predicted molar refractivity (Wildman–Crippen MR) is 268 cm³/mol. The van der Waals surface area contributed by atoms with E-state index < -0.39 is 38.4 Å². The zero-order valence-electron chi connectivity index (χ0n) is 44.1.